The molecule has 1 amide bonds. The summed E-state index contributed by atoms with van der Waals surface area (Å²) in [7, 11) is 1.30. The first kappa shape index (κ1) is 15.9. The molecular weight excluding hydrogens is 253 g/mol. The quantitative estimate of drug-likeness (QED) is 0.747. The van der Waals surface area contributed by atoms with Crippen LogP contribution in [0.3, 0.4) is 0 Å². The molecule has 0 saturated heterocycles. The van der Waals surface area contributed by atoms with Crippen molar-refractivity contribution < 1.29 is 36.2 Å². The second kappa shape index (κ2) is 5.99. The largest absolute Gasteiger partial charge is 0.470 e. The Morgan fingerprint density at radius 3 is 2.29 bits per heavy atom. The molecule has 1 unspecified atom stereocenters. The van der Waals surface area contributed by atoms with Crippen LogP contribution in [-0.4, -0.2) is 44.6 Å². The van der Waals surface area contributed by atoms with Gasteiger partial charge in [-0.3, -0.25) is 0 Å². The Hall–Kier alpha value is -1.12. The predicted octanol–water partition coefficient (Wildman–Crippen LogP) is 1.95. The minimum absolute atomic E-state index is 0.216. The minimum atomic E-state index is -5.21. The minimum Gasteiger partial charge on any atom is -0.380 e. The summed E-state index contributed by atoms with van der Waals surface area (Å²) >= 11 is 0. The molecule has 102 valence electrons. The number of hydrogen-bond acceptors (Lipinski definition) is 3. The molecule has 0 bridgehead atoms. The van der Waals surface area contributed by atoms with Crippen LogP contribution in [0.1, 0.15) is 6.92 Å². The van der Waals surface area contributed by atoms with E-state index in [4.69, 9.17) is 0 Å². The molecule has 0 aliphatic heterocycles. The van der Waals surface area contributed by atoms with E-state index in [1.165, 1.54) is 14.0 Å². The molecule has 0 radical (unpaired) electrons. The summed E-state index contributed by atoms with van der Waals surface area (Å²) in [6, 6.07) is 0. The number of methoxy groups -OCH3 is 1. The average Bonchev–Trinajstić information content (AvgIpc) is 2.24. The standard InChI is InChI=1S/C8H12F5NO3/c1-5(16-2)3-14-6(15)17-8(12,13)7(10,11)4-9/h5H,3-4H2,1-2H3,(H,14,15). The maximum absolute atomic E-state index is 12.6. The van der Waals surface area contributed by atoms with E-state index in [9.17, 15) is 26.7 Å². The van der Waals surface area contributed by atoms with Crippen molar-refractivity contribution in [3.05, 3.63) is 0 Å². The van der Waals surface area contributed by atoms with Crippen molar-refractivity contribution in [2.24, 2.45) is 0 Å². The van der Waals surface area contributed by atoms with E-state index < -0.39 is 30.9 Å². The monoisotopic (exact) mass is 265 g/mol. The molecule has 1 atom stereocenters. The van der Waals surface area contributed by atoms with E-state index in [1.54, 1.807) is 5.32 Å². The normalized spacial score (nSPS) is 14.3. The number of ether oxygens (including phenoxy) is 2. The highest BCUT2D eigenvalue weighted by molar-refractivity contribution is 5.67. The summed E-state index contributed by atoms with van der Waals surface area (Å²) in [5.74, 6) is -5.06. The fraction of sp³-hybridized carbons (Fsp3) is 0.875. The van der Waals surface area contributed by atoms with E-state index in [1.807, 2.05) is 0 Å². The lowest BCUT2D eigenvalue weighted by atomic mass is 10.3. The van der Waals surface area contributed by atoms with Gasteiger partial charge in [-0.05, 0) is 6.92 Å². The number of rotatable bonds is 6. The van der Waals surface area contributed by atoms with Crippen LogP contribution in [0.5, 0.6) is 0 Å². The second-order valence-electron chi connectivity index (χ2n) is 3.17. The van der Waals surface area contributed by atoms with Gasteiger partial charge in [0, 0.05) is 13.7 Å². The Balaban J connectivity index is 4.28. The summed E-state index contributed by atoms with van der Waals surface area (Å²) in [6.45, 7) is -1.36. The van der Waals surface area contributed by atoms with Crippen LogP contribution in [0.2, 0.25) is 0 Å². The second-order valence-corrected chi connectivity index (χ2v) is 3.17. The summed E-state index contributed by atoms with van der Waals surface area (Å²) in [6.07, 6.45) is -7.51. The molecular formula is C8H12F5NO3. The smallest absolute Gasteiger partial charge is 0.380 e. The highest BCUT2D eigenvalue weighted by atomic mass is 19.3. The lowest BCUT2D eigenvalue weighted by molar-refractivity contribution is -0.324. The first-order chi connectivity index (χ1) is 7.66. The molecule has 0 spiro atoms. The van der Waals surface area contributed by atoms with Crippen molar-refractivity contribution in [1.29, 1.82) is 0 Å². The Bertz CT molecular complexity index is 262. The SMILES string of the molecule is COC(C)CNC(=O)OC(F)(F)C(F)(F)CF. The van der Waals surface area contributed by atoms with Crippen LogP contribution >= 0.6 is 0 Å². The molecule has 0 aliphatic rings. The maximum Gasteiger partial charge on any atom is 0.470 e. The molecule has 0 fully saturated rings. The van der Waals surface area contributed by atoms with Crippen molar-refractivity contribution in [1.82, 2.24) is 5.32 Å². The van der Waals surface area contributed by atoms with Gasteiger partial charge in [-0.15, -0.1) is 0 Å². The zero-order chi connectivity index (χ0) is 13.7. The molecule has 0 rings (SSSR count). The molecule has 9 heteroatoms. The van der Waals surface area contributed by atoms with E-state index in [2.05, 4.69) is 9.47 Å². The number of halogens is 5. The first-order valence-corrected chi connectivity index (χ1v) is 4.47. The molecule has 4 nitrogen and oxygen atoms in total. The number of amides is 1. The van der Waals surface area contributed by atoms with Crippen LogP contribution in [-0.2, 0) is 9.47 Å². The van der Waals surface area contributed by atoms with Gasteiger partial charge in [-0.25, -0.2) is 9.18 Å². The summed E-state index contributed by atoms with van der Waals surface area (Å²) in [4.78, 5) is 10.7. The van der Waals surface area contributed by atoms with Gasteiger partial charge in [-0.1, -0.05) is 0 Å². The van der Waals surface area contributed by atoms with Crippen molar-refractivity contribution in [3.8, 4) is 0 Å². The molecule has 0 heterocycles. The number of alkyl carbamates (subject to hydrolysis) is 1. The van der Waals surface area contributed by atoms with Crippen LogP contribution < -0.4 is 5.32 Å². The summed E-state index contributed by atoms with van der Waals surface area (Å²) in [5.41, 5.74) is 0. The Morgan fingerprint density at radius 1 is 1.35 bits per heavy atom. The lowest BCUT2D eigenvalue weighted by Gasteiger charge is -2.23. The highest BCUT2D eigenvalue weighted by Crippen LogP contribution is 2.35. The summed E-state index contributed by atoms with van der Waals surface area (Å²) in [5, 5.41) is 1.76. The lowest BCUT2D eigenvalue weighted by Crippen LogP contribution is -2.48. The third-order valence-electron chi connectivity index (χ3n) is 1.75. The molecule has 0 saturated carbocycles. The molecule has 17 heavy (non-hydrogen) atoms. The van der Waals surface area contributed by atoms with Crippen LogP contribution in [0.25, 0.3) is 0 Å². The summed E-state index contributed by atoms with van der Waals surface area (Å²) < 4.78 is 69.1. The Morgan fingerprint density at radius 2 is 1.88 bits per heavy atom. The highest BCUT2D eigenvalue weighted by Gasteiger charge is 2.60. The molecule has 0 aliphatic carbocycles. The van der Waals surface area contributed by atoms with Crippen LogP contribution in [0.4, 0.5) is 26.7 Å². The van der Waals surface area contributed by atoms with E-state index >= 15 is 0 Å². The molecule has 0 aromatic rings. The maximum atomic E-state index is 12.6. The van der Waals surface area contributed by atoms with Gasteiger partial charge in [0.05, 0.1) is 6.10 Å². The van der Waals surface area contributed by atoms with Crippen molar-refractivity contribution in [2.45, 2.75) is 25.1 Å². The Kier molecular flexibility index (Phi) is 5.59. The fourth-order valence-electron chi connectivity index (χ4n) is 0.615. The van der Waals surface area contributed by atoms with E-state index in [-0.39, 0.29) is 6.54 Å². The zero-order valence-corrected chi connectivity index (χ0v) is 9.11. The third kappa shape index (κ3) is 4.72. The van der Waals surface area contributed by atoms with Gasteiger partial charge < -0.3 is 14.8 Å². The zero-order valence-electron chi connectivity index (χ0n) is 9.11. The third-order valence-corrected chi connectivity index (χ3v) is 1.75. The van der Waals surface area contributed by atoms with Gasteiger partial charge in [0.25, 0.3) is 0 Å². The molecule has 1 N–H and O–H groups in total. The molecule has 0 aromatic heterocycles. The van der Waals surface area contributed by atoms with Crippen LogP contribution in [0.15, 0.2) is 0 Å². The first-order valence-electron chi connectivity index (χ1n) is 4.47. The number of alkyl halides is 5. The van der Waals surface area contributed by atoms with Gasteiger partial charge in [-0.2, -0.15) is 17.6 Å². The Labute approximate surface area is 94.1 Å². The van der Waals surface area contributed by atoms with Gasteiger partial charge in [0.1, 0.15) is 0 Å². The fourth-order valence-corrected chi connectivity index (χ4v) is 0.615. The predicted molar refractivity (Wildman–Crippen MR) is 46.8 cm³/mol. The number of hydrogen-bond donors (Lipinski definition) is 1. The van der Waals surface area contributed by atoms with Crippen molar-refractivity contribution >= 4 is 6.09 Å². The molecule has 0 aromatic carbocycles. The van der Waals surface area contributed by atoms with Gasteiger partial charge in [0.2, 0.25) is 0 Å². The van der Waals surface area contributed by atoms with Crippen molar-refractivity contribution in [2.75, 3.05) is 20.3 Å². The van der Waals surface area contributed by atoms with E-state index in [0.717, 1.165) is 0 Å². The van der Waals surface area contributed by atoms with Gasteiger partial charge >= 0.3 is 18.1 Å². The van der Waals surface area contributed by atoms with Gasteiger partial charge in [0.15, 0.2) is 6.67 Å². The number of carbonyl (C=O) groups excluding carboxylic acids is 1. The topological polar surface area (TPSA) is 47.6 Å². The van der Waals surface area contributed by atoms with E-state index in [0.29, 0.717) is 0 Å². The number of nitrogens with one attached hydrogen (secondary N) is 1. The van der Waals surface area contributed by atoms with Crippen molar-refractivity contribution in [3.63, 3.8) is 0 Å². The average molecular weight is 265 g/mol. The van der Waals surface area contributed by atoms with Crippen LogP contribution in [0, 0.1) is 0 Å². The number of carbonyl (C=O) groups is 1.